The fourth-order valence-electron chi connectivity index (χ4n) is 2.37. The molecule has 0 bridgehead atoms. The summed E-state index contributed by atoms with van der Waals surface area (Å²) in [7, 11) is 0. The summed E-state index contributed by atoms with van der Waals surface area (Å²) in [6.07, 6.45) is -3.30. The van der Waals surface area contributed by atoms with Crippen molar-refractivity contribution in [2.75, 3.05) is 0 Å². The van der Waals surface area contributed by atoms with E-state index in [9.17, 15) is 32.9 Å². The van der Waals surface area contributed by atoms with Crippen molar-refractivity contribution in [1.29, 1.82) is 0 Å². The maximum Gasteiger partial charge on any atom is 0.416 e. The average molecular weight is 568 g/mol. The van der Waals surface area contributed by atoms with Crippen molar-refractivity contribution in [2.24, 2.45) is 0 Å². The molecule has 1 N–H and O–H groups in total. The number of thioether (sulfide) groups is 1. The smallest absolute Gasteiger partial charge is 0.416 e. The fraction of sp³-hybridized carbons (Fsp3) is 0.0588. The Bertz CT molecular complexity index is 1100. The van der Waals surface area contributed by atoms with Gasteiger partial charge in [0.05, 0.1) is 24.3 Å². The van der Waals surface area contributed by atoms with Gasteiger partial charge in [0.25, 0.3) is 11.1 Å². The van der Waals surface area contributed by atoms with Crippen molar-refractivity contribution in [1.82, 2.24) is 5.32 Å². The van der Waals surface area contributed by atoms with Crippen LogP contribution in [0.3, 0.4) is 0 Å². The molecule has 0 spiro atoms. The predicted octanol–water partition coefficient (Wildman–Crippen LogP) is 6.25. The second-order valence-corrected chi connectivity index (χ2v) is 8.43. The van der Waals surface area contributed by atoms with Crippen molar-refractivity contribution in [3.05, 3.63) is 65.4 Å². The second kappa shape index (κ2) is 8.40. The summed E-state index contributed by atoms with van der Waals surface area (Å²) in [5, 5.41) is 12.8. The van der Waals surface area contributed by atoms with Gasteiger partial charge in [-0.15, -0.1) is 0 Å². The molecule has 1 saturated heterocycles. The molecule has 7 nitrogen and oxygen atoms in total. The topological polar surface area (TPSA) is 98.5 Å². The minimum absolute atomic E-state index is 0.0691. The lowest BCUT2D eigenvalue weighted by Gasteiger charge is -2.13. The van der Waals surface area contributed by atoms with Crippen molar-refractivity contribution >= 4 is 66.5 Å². The number of alkyl halides is 3. The number of carbonyl (C=O) groups excluding carboxylic acids is 2. The molecule has 13 heteroatoms. The molecule has 0 unspecified atom stereocenters. The summed E-state index contributed by atoms with van der Waals surface area (Å²) >= 11 is 7.19. The number of amides is 2. The molecule has 1 aliphatic rings. The third-order valence-corrected chi connectivity index (χ3v) is 5.64. The monoisotopic (exact) mass is 566 g/mol. The van der Waals surface area contributed by atoms with Gasteiger partial charge in [0.15, 0.2) is 5.75 Å². The van der Waals surface area contributed by atoms with Crippen LogP contribution in [-0.2, 0) is 11.0 Å². The van der Waals surface area contributed by atoms with Gasteiger partial charge in [-0.05, 0) is 79.5 Å². The van der Waals surface area contributed by atoms with Crippen LogP contribution in [0.4, 0.5) is 23.7 Å². The number of carbonyl (C=O) groups is 2. The van der Waals surface area contributed by atoms with Crippen LogP contribution in [0, 0.1) is 10.1 Å². The lowest BCUT2D eigenvalue weighted by atomic mass is 10.1. The minimum atomic E-state index is -4.74. The molecule has 1 fully saturated rings. The average Bonchev–Trinajstić information content (AvgIpc) is 2.94. The number of benzene rings is 2. The SMILES string of the molecule is O=C1NC(=O)/C(=C/c2cc(Br)c(Oc3ccc(C(F)(F)F)cc3[N+](=O)[O-])c(Br)c2)S1. The Kier molecular flexibility index (Phi) is 6.24. The van der Waals surface area contributed by atoms with Crippen molar-refractivity contribution in [3.63, 3.8) is 0 Å². The zero-order valence-electron chi connectivity index (χ0n) is 14.3. The zero-order chi connectivity index (χ0) is 22.2. The number of nitrogens with zero attached hydrogens (tertiary/aromatic N) is 1. The van der Waals surface area contributed by atoms with Crippen LogP contribution in [0.25, 0.3) is 6.08 Å². The number of hydrogen-bond donors (Lipinski definition) is 1. The first-order chi connectivity index (χ1) is 14.0. The number of nitrogens with one attached hydrogen (secondary N) is 1. The van der Waals surface area contributed by atoms with Gasteiger partial charge in [0, 0.05) is 6.07 Å². The summed E-state index contributed by atoms with van der Waals surface area (Å²) in [5.41, 5.74) is -1.54. The summed E-state index contributed by atoms with van der Waals surface area (Å²) in [6.45, 7) is 0. The first-order valence-corrected chi connectivity index (χ1v) is 10.1. The number of halogens is 5. The number of hydrogen-bond acceptors (Lipinski definition) is 6. The number of rotatable bonds is 4. The zero-order valence-corrected chi connectivity index (χ0v) is 18.2. The molecular weight excluding hydrogens is 561 g/mol. The lowest BCUT2D eigenvalue weighted by Crippen LogP contribution is -2.17. The first kappa shape index (κ1) is 22.3. The summed E-state index contributed by atoms with van der Waals surface area (Å²) in [6, 6.07) is 4.96. The van der Waals surface area contributed by atoms with Crippen LogP contribution in [0.2, 0.25) is 0 Å². The van der Waals surface area contributed by atoms with Crippen LogP contribution in [0.1, 0.15) is 11.1 Å². The van der Waals surface area contributed by atoms with E-state index in [0.29, 0.717) is 26.6 Å². The normalized spacial score (nSPS) is 15.4. The van der Waals surface area contributed by atoms with Crippen LogP contribution in [-0.4, -0.2) is 16.1 Å². The van der Waals surface area contributed by atoms with Crippen LogP contribution in [0.5, 0.6) is 11.5 Å². The van der Waals surface area contributed by atoms with E-state index >= 15 is 0 Å². The van der Waals surface area contributed by atoms with E-state index in [-0.39, 0.29) is 10.7 Å². The van der Waals surface area contributed by atoms with Crippen LogP contribution >= 0.6 is 43.6 Å². The van der Waals surface area contributed by atoms with Gasteiger partial charge in [-0.3, -0.25) is 25.0 Å². The lowest BCUT2D eigenvalue weighted by molar-refractivity contribution is -0.385. The van der Waals surface area contributed by atoms with E-state index < -0.39 is 39.2 Å². The van der Waals surface area contributed by atoms with E-state index in [1.165, 1.54) is 18.2 Å². The Labute approximate surface area is 187 Å². The van der Waals surface area contributed by atoms with Crippen LogP contribution in [0.15, 0.2) is 44.2 Å². The standard InChI is InChI=1S/C17H7Br2F3N2O5S/c18-9-3-7(5-13-15(25)23-16(26)30-13)4-10(19)14(9)29-12-2-1-8(17(20,21)22)6-11(12)24(27)28/h1-6H,(H,23,25,26)/b13-5-. The molecule has 2 aromatic rings. The molecule has 0 aromatic heterocycles. The molecule has 0 saturated carbocycles. The van der Waals surface area contributed by atoms with Crippen molar-refractivity contribution in [2.45, 2.75) is 6.18 Å². The van der Waals surface area contributed by atoms with Gasteiger partial charge in [-0.2, -0.15) is 13.2 Å². The molecule has 156 valence electrons. The van der Waals surface area contributed by atoms with Crippen molar-refractivity contribution in [3.8, 4) is 11.5 Å². The highest BCUT2D eigenvalue weighted by Crippen LogP contribution is 2.43. The van der Waals surface area contributed by atoms with Gasteiger partial charge < -0.3 is 4.74 Å². The quantitative estimate of drug-likeness (QED) is 0.266. The van der Waals surface area contributed by atoms with Gasteiger partial charge >= 0.3 is 11.9 Å². The Balaban J connectivity index is 1.96. The maximum atomic E-state index is 12.8. The number of nitro benzene ring substituents is 1. The Morgan fingerprint density at radius 3 is 2.27 bits per heavy atom. The Morgan fingerprint density at radius 2 is 1.77 bits per heavy atom. The molecule has 1 aliphatic heterocycles. The van der Waals surface area contributed by atoms with Gasteiger partial charge in [0.1, 0.15) is 0 Å². The molecule has 0 radical (unpaired) electrons. The number of ether oxygens (including phenoxy) is 1. The molecule has 3 rings (SSSR count). The van der Waals surface area contributed by atoms with Gasteiger partial charge in [-0.25, -0.2) is 0 Å². The van der Waals surface area contributed by atoms with E-state index in [0.717, 1.165) is 17.8 Å². The van der Waals surface area contributed by atoms with E-state index in [2.05, 4.69) is 37.2 Å². The second-order valence-electron chi connectivity index (χ2n) is 5.71. The molecule has 2 aromatic carbocycles. The third-order valence-electron chi connectivity index (χ3n) is 3.66. The van der Waals surface area contributed by atoms with Gasteiger partial charge in [-0.1, -0.05) is 0 Å². The summed E-state index contributed by atoms with van der Waals surface area (Å²) < 4.78 is 44.6. The van der Waals surface area contributed by atoms with E-state index in [1.54, 1.807) is 0 Å². The van der Waals surface area contributed by atoms with Crippen LogP contribution < -0.4 is 10.1 Å². The molecule has 0 aliphatic carbocycles. The Morgan fingerprint density at radius 1 is 1.13 bits per heavy atom. The highest BCUT2D eigenvalue weighted by Gasteiger charge is 2.33. The third kappa shape index (κ3) is 4.84. The highest BCUT2D eigenvalue weighted by molar-refractivity contribution is 9.11. The van der Waals surface area contributed by atoms with Crippen molar-refractivity contribution < 1.29 is 32.4 Å². The fourth-order valence-corrected chi connectivity index (χ4v) is 4.43. The van der Waals surface area contributed by atoms with E-state index in [4.69, 9.17) is 4.74 Å². The van der Waals surface area contributed by atoms with E-state index in [1.807, 2.05) is 0 Å². The number of imide groups is 1. The molecule has 1 heterocycles. The van der Waals surface area contributed by atoms with Gasteiger partial charge in [0.2, 0.25) is 5.75 Å². The summed E-state index contributed by atoms with van der Waals surface area (Å²) in [4.78, 5) is 33.3. The molecule has 2 amide bonds. The molecule has 0 atom stereocenters. The Hall–Kier alpha value is -2.38. The minimum Gasteiger partial charge on any atom is -0.448 e. The predicted molar refractivity (Wildman–Crippen MR) is 109 cm³/mol. The maximum absolute atomic E-state index is 12.8. The number of nitro groups is 1. The molecule has 30 heavy (non-hydrogen) atoms. The summed E-state index contributed by atoms with van der Waals surface area (Å²) in [5.74, 6) is -0.866. The molecular formula is C17H7Br2F3N2O5S. The largest absolute Gasteiger partial charge is 0.448 e. The first-order valence-electron chi connectivity index (χ1n) is 7.73. The highest BCUT2D eigenvalue weighted by atomic mass is 79.9.